The van der Waals surface area contributed by atoms with Crippen molar-refractivity contribution < 1.29 is 14.6 Å². The summed E-state index contributed by atoms with van der Waals surface area (Å²) in [6.45, 7) is 9.28. The van der Waals surface area contributed by atoms with Gasteiger partial charge in [-0.25, -0.2) is 0 Å². The molecular formula is C19H25NO3. The molecule has 2 heterocycles. The number of carbonyl (C=O) groups is 1. The van der Waals surface area contributed by atoms with Crippen LogP contribution in [0.5, 0.6) is 0 Å². The second-order valence-corrected chi connectivity index (χ2v) is 6.90. The van der Waals surface area contributed by atoms with Crippen LogP contribution in [0.15, 0.2) is 17.9 Å². The molecule has 0 spiro atoms. The highest BCUT2D eigenvalue weighted by Crippen LogP contribution is 2.41. The van der Waals surface area contributed by atoms with Crippen LogP contribution in [0.2, 0.25) is 0 Å². The van der Waals surface area contributed by atoms with E-state index >= 15 is 0 Å². The lowest BCUT2D eigenvalue weighted by Crippen LogP contribution is -2.48. The van der Waals surface area contributed by atoms with E-state index in [2.05, 4.69) is 24.4 Å². The fourth-order valence-corrected chi connectivity index (χ4v) is 3.89. The van der Waals surface area contributed by atoms with Crippen LogP contribution in [-0.4, -0.2) is 29.8 Å². The summed E-state index contributed by atoms with van der Waals surface area (Å²) in [5, 5.41) is 13.9. The predicted octanol–water partition coefficient (Wildman–Crippen LogP) is 3.06. The van der Waals surface area contributed by atoms with Crippen LogP contribution in [0.1, 0.15) is 42.5 Å². The summed E-state index contributed by atoms with van der Waals surface area (Å²) in [7, 11) is 0. The molecule has 2 aliphatic heterocycles. The Morgan fingerprint density at radius 2 is 2.00 bits per heavy atom. The first-order valence-corrected chi connectivity index (χ1v) is 8.33. The number of carbonyl (C=O) groups excluding carboxylic acids is 1. The molecule has 2 atom stereocenters. The number of hydrogen-bond acceptors (Lipinski definition) is 3. The maximum atomic E-state index is 12.6. The van der Waals surface area contributed by atoms with Crippen molar-refractivity contribution in [3.05, 3.63) is 40.1 Å². The Bertz CT molecular complexity index is 663. The Labute approximate surface area is 137 Å². The van der Waals surface area contributed by atoms with Gasteiger partial charge in [0.1, 0.15) is 11.3 Å². The number of hydrogen-bond donors (Lipinski definition) is 2. The van der Waals surface area contributed by atoms with Crippen molar-refractivity contribution in [2.75, 3.05) is 13.2 Å². The molecule has 124 valence electrons. The van der Waals surface area contributed by atoms with E-state index in [1.54, 1.807) is 0 Å². The SMILES string of the molecule is CCc1cc(C)c(C2=C(O)C(C)(C3CCOC3)NC2=O)c(C)c1. The maximum Gasteiger partial charge on any atom is 0.256 e. The van der Waals surface area contributed by atoms with Crippen molar-refractivity contribution >= 4 is 11.5 Å². The van der Waals surface area contributed by atoms with Crippen LogP contribution in [0.25, 0.3) is 5.57 Å². The van der Waals surface area contributed by atoms with Crippen LogP contribution < -0.4 is 5.32 Å². The molecular weight excluding hydrogens is 290 g/mol. The second-order valence-electron chi connectivity index (χ2n) is 6.90. The Balaban J connectivity index is 2.11. The molecule has 2 aliphatic rings. The van der Waals surface area contributed by atoms with Gasteiger partial charge in [0.2, 0.25) is 0 Å². The number of aliphatic hydroxyl groups excluding tert-OH is 1. The molecule has 2 N–H and O–H groups in total. The summed E-state index contributed by atoms with van der Waals surface area (Å²) in [4.78, 5) is 12.6. The van der Waals surface area contributed by atoms with Gasteiger partial charge in [0, 0.05) is 12.5 Å². The lowest BCUT2D eigenvalue weighted by molar-refractivity contribution is -0.116. The molecule has 0 bridgehead atoms. The molecule has 4 nitrogen and oxygen atoms in total. The normalized spacial score (nSPS) is 27.7. The summed E-state index contributed by atoms with van der Waals surface area (Å²) in [6, 6.07) is 4.20. The van der Waals surface area contributed by atoms with E-state index < -0.39 is 5.54 Å². The van der Waals surface area contributed by atoms with Gasteiger partial charge in [-0.05, 0) is 55.9 Å². The zero-order valence-corrected chi connectivity index (χ0v) is 14.3. The fourth-order valence-electron chi connectivity index (χ4n) is 3.89. The fraction of sp³-hybridized carbons (Fsp3) is 0.526. The monoisotopic (exact) mass is 315 g/mol. The van der Waals surface area contributed by atoms with E-state index in [-0.39, 0.29) is 17.6 Å². The van der Waals surface area contributed by atoms with Crippen LogP contribution in [0.3, 0.4) is 0 Å². The number of rotatable bonds is 3. The molecule has 0 aromatic heterocycles. The molecule has 0 radical (unpaired) electrons. The highest BCUT2D eigenvalue weighted by atomic mass is 16.5. The van der Waals surface area contributed by atoms with Crippen molar-refractivity contribution in [3.63, 3.8) is 0 Å². The van der Waals surface area contributed by atoms with Crippen LogP contribution in [-0.2, 0) is 16.0 Å². The maximum absolute atomic E-state index is 12.6. The molecule has 0 aliphatic carbocycles. The van der Waals surface area contributed by atoms with Crippen LogP contribution in [0, 0.1) is 19.8 Å². The van der Waals surface area contributed by atoms with Gasteiger partial charge < -0.3 is 15.2 Å². The van der Waals surface area contributed by atoms with E-state index in [0.29, 0.717) is 18.8 Å². The number of aryl methyl sites for hydroxylation is 3. The van der Waals surface area contributed by atoms with E-state index in [1.807, 2.05) is 20.8 Å². The van der Waals surface area contributed by atoms with E-state index in [9.17, 15) is 9.90 Å². The van der Waals surface area contributed by atoms with Crippen molar-refractivity contribution in [2.45, 2.75) is 46.1 Å². The largest absolute Gasteiger partial charge is 0.509 e. The molecule has 1 fully saturated rings. The minimum absolute atomic E-state index is 0.111. The summed E-state index contributed by atoms with van der Waals surface area (Å²) in [6.07, 6.45) is 1.80. The van der Waals surface area contributed by atoms with E-state index in [1.165, 1.54) is 5.56 Å². The first-order chi connectivity index (χ1) is 10.9. The van der Waals surface area contributed by atoms with Crippen molar-refractivity contribution in [1.82, 2.24) is 5.32 Å². The zero-order valence-electron chi connectivity index (χ0n) is 14.3. The quantitative estimate of drug-likeness (QED) is 0.901. The molecule has 3 rings (SSSR count). The lowest BCUT2D eigenvalue weighted by Gasteiger charge is -2.30. The average molecular weight is 315 g/mol. The number of nitrogens with one attached hydrogen (secondary N) is 1. The standard InChI is InChI=1S/C19H25NO3/c1-5-13-8-11(2)15(12(3)9-13)16-17(21)19(4,20-18(16)22)14-6-7-23-10-14/h8-9,14,21H,5-7,10H2,1-4H3,(H,20,22). The molecule has 4 heteroatoms. The Hall–Kier alpha value is -1.81. The third kappa shape index (κ3) is 2.45. The minimum atomic E-state index is -0.731. The van der Waals surface area contributed by atoms with E-state index in [4.69, 9.17) is 4.74 Å². The Morgan fingerprint density at radius 1 is 1.35 bits per heavy atom. The van der Waals surface area contributed by atoms with Crippen LogP contribution in [0.4, 0.5) is 0 Å². The number of aliphatic hydroxyl groups is 1. The molecule has 23 heavy (non-hydrogen) atoms. The number of ether oxygens (including phenoxy) is 1. The number of amides is 1. The topological polar surface area (TPSA) is 58.6 Å². The molecule has 1 amide bonds. The lowest BCUT2D eigenvalue weighted by atomic mass is 9.82. The minimum Gasteiger partial charge on any atom is -0.509 e. The van der Waals surface area contributed by atoms with Gasteiger partial charge in [-0.15, -0.1) is 0 Å². The van der Waals surface area contributed by atoms with Crippen LogP contribution >= 0.6 is 0 Å². The first-order valence-electron chi connectivity index (χ1n) is 8.33. The Kier molecular flexibility index (Phi) is 3.96. The second kappa shape index (κ2) is 5.68. The molecule has 0 saturated carbocycles. The Morgan fingerprint density at radius 3 is 2.52 bits per heavy atom. The van der Waals surface area contributed by atoms with Crippen molar-refractivity contribution in [3.8, 4) is 0 Å². The third-order valence-electron chi connectivity index (χ3n) is 5.33. The van der Waals surface area contributed by atoms with Gasteiger partial charge in [-0.1, -0.05) is 19.1 Å². The molecule has 1 saturated heterocycles. The highest BCUT2D eigenvalue weighted by molar-refractivity contribution is 6.23. The van der Waals surface area contributed by atoms with Gasteiger partial charge in [-0.3, -0.25) is 4.79 Å². The van der Waals surface area contributed by atoms with Gasteiger partial charge in [0.15, 0.2) is 0 Å². The summed E-state index contributed by atoms with van der Waals surface area (Å²) >= 11 is 0. The predicted molar refractivity (Wildman–Crippen MR) is 90.3 cm³/mol. The third-order valence-corrected chi connectivity index (χ3v) is 5.33. The molecule has 1 aromatic carbocycles. The summed E-state index contributed by atoms with van der Waals surface area (Å²) < 4.78 is 5.45. The van der Waals surface area contributed by atoms with Gasteiger partial charge >= 0.3 is 0 Å². The van der Waals surface area contributed by atoms with Gasteiger partial charge in [-0.2, -0.15) is 0 Å². The summed E-state index contributed by atoms with van der Waals surface area (Å²) in [5.74, 6) is 0.0836. The van der Waals surface area contributed by atoms with Gasteiger partial charge in [0.25, 0.3) is 5.91 Å². The average Bonchev–Trinajstić information content (AvgIpc) is 3.10. The molecule has 1 aromatic rings. The van der Waals surface area contributed by atoms with Crippen molar-refractivity contribution in [1.29, 1.82) is 0 Å². The summed E-state index contributed by atoms with van der Waals surface area (Å²) in [5.41, 5.74) is 3.87. The zero-order chi connectivity index (χ0) is 16.8. The van der Waals surface area contributed by atoms with E-state index in [0.717, 1.165) is 29.5 Å². The smallest absolute Gasteiger partial charge is 0.256 e. The highest BCUT2D eigenvalue weighted by Gasteiger charge is 2.49. The van der Waals surface area contributed by atoms with Crippen molar-refractivity contribution in [2.24, 2.45) is 5.92 Å². The van der Waals surface area contributed by atoms with Gasteiger partial charge in [0.05, 0.1) is 12.2 Å². The first kappa shape index (κ1) is 16.1. The number of benzene rings is 1. The molecule has 2 unspecified atom stereocenters.